The second-order valence-corrected chi connectivity index (χ2v) is 6.35. The summed E-state index contributed by atoms with van der Waals surface area (Å²) in [7, 11) is 0. The van der Waals surface area contributed by atoms with Crippen molar-refractivity contribution in [1.82, 2.24) is 9.78 Å². The molecule has 0 aliphatic carbocycles. The van der Waals surface area contributed by atoms with E-state index in [1.54, 1.807) is 0 Å². The summed E-state index contributed by atoms with van der Waals surface area (Å²) in [5, 5.41) is 4.93. The second-order valence-electron chi connectivity index (χ2n) is 6.35. The van der Waals surface area contributed by atoms with Gasteiger partial charge in [0, 0.05) is 11.1 Å². The number of nitrogens with zero attached hydrogens (tertiary/aromatic N) is 2. The van der Waals surface area contributed by atoms with Crippen LogP contribution < -0.4 is 0 Å². The molecule has 122 valence electrons. The van der Waals surface area contributed by atoms with E-state index in [0.717, 1.165) is 28.2 Å². The average molecular weight is 324 g/mol. The molecule has 4 rings (SSSR count). The van der Waals surface area contributed by atoms with E-state index in [0.29, 0.717) is 0 Å². The Morgan fingerprint density at radius 3 is 1.96 bits per heavy atom. The Balaban J connectivity index is 1.94. The van der Waals surface area contributed by atoms with E-state index in [9.17, 15) is 0 Å². The van der Waals surface area contributed by atoms with E-state index in [-0.39, 0.29) is 0 Å². The normalized spacial score (nSPS) is 10.8. The first-order chi connectivity index (χ1) is 12.2. The highest BCUT2D eigenvalue weighted by molar-refractivity contribution is 5.70. The Hall–Kier alpha value is -3.13. The topological polar surface area (TPSA) is 17.8 Å². The Kier molecular flexibility index (Phi) is 3.95. The zero-order chi connectivity index (χ0) is 17.2. The van der Waals surface area contributed by atoms with E-state index in [4.69, 9.17) is 5.10 Å². The first-order valence-electron chi connectivity index (χ1n) is 8.51. The molecule has 4 aromatic rings. The van der Waals surface area contributed by atoms with Crippen molar-refractivity contribution in [3.8, 4) is 28.2 Å². The third-order valence-corrected chi connectivity index (χ3v) is 4.43. The van der Waals surface area contributed by atoms with Crippen LogP contribution in [0.2, 0.25) is 0 Å². The number of aryl methyl sites for hydroxylation is 2. The highest BCUT2D eigenvalue weighted by atomic mass is 15.3. The molecule has 3 aromatic carbocycles. The molecule has 0 aliphatic rings. The minimum absolute atomic E-state index is 0.986. The number of aromatic nitrogens is 2. The van der Waals surface area contributed by atoms with Crippen molar-refractivity contribution in [1.29, 1.82) is 0 Å². The van der Waals surface area contributed by atoms with Gasteiger partial charge in [0.1, 0.15) is 0 Å². The monoisotopic (exact) mass is 324 g/mol. The van der Waals surface area contributed by atoms with Crippen LogP contribution in [0.4, 0.5) is 0 Å². The van der Waals surface area contributed by atoms with E-state index >= 15 is 0 Å². The number of hydrogen-bond acceptors (Lipinski definition) is 1. The van der Waals surface area contributed by atoms with Crippen LogP contribution in [0.1, 0.15) is 11.1 Å². The molecule has 0 aliphatic heterocycles. The summed E-state index contributed by atoms with van der Waals surface area (Å²) in [6, 6.07) is 29.4. The lowest BCUT2D eigenvalue weighted by Gasteiger charge is -2.11. The van der Waals surface area contributed by atoms with Gasteiger partial charge in [-0.05, 0) is 31.5 Å². The average Bonchev–Trinajstić information content (AvgIpc) is 3.08. The lowest BCUT2D eigenvalue weighted by molar-refractivity contribution is 0.883. The molecule has 1 heterocycles. The molecule has 1 aromatic heterocycles. The molecule has 2 heteroatoms. The third-order valence-electron chi connectivity index (χ3n) is 4.43. The van der Waals surface area contributed by atoms with E-state index in [2.05, 4.69) is 79.2 Å². The molecule has 0 atom stereocenters. The summed E-state index contributed by atoms with van der Waals surface area (Å²) in [5.41, 5.74) is 7.98. The summed E-state index contributed by atoms with van der Waals surface area (Å²) < 4.78 is 2.06. The standard InChI is InChI=1S/C23H20N2/c1-17-13-14-22(18(2)15-17)25-23(20-11-7-4-8-12-20)16-21(24-25)19-9-5-3-6-10-19/h3-16H,1-2H3. The minimum atomic E-state index is 0.986. The lowest BCUT2D eigenvalue weighted by atomic mass is 10.1. The maximum atomic E-state index is 4.93. The van der Waals surface area contributed by atoms with Gasteiger partial charge in [-0.15, -0.1) is 0 Å². The van der Waals surface area contributed by atoms with Gasteiger partial charge in [-0.1, -0.05) is 78.4 Å². The molecule has 25 heavy (non-hydrogen) atoms. The van der Waals surface area contributed by atoms with Gasteiger partial charge in [0.2, 0.25) is 0 Å². The zero-order valence-corrected chi connectivity index (χ0v) is 14.5. The molecule has 0 radical (unpaired) electrons. The summed E-state index contributed by atoms with van der Waals surface area (Å²) in [4.78, 5) is 0. The largest absolute Gasteiger partial charge is 0.232 e. The summed E-state index contributed by atoms with van der Waals surface area (Å²) in [5.74, 6) is 0. The zero-order valence-electron chi connectivity index (χ0n) is 14.5. The molecule has 0 spiro atoms. The highest BCUT2D eigenvalue weighted by Crippen LogP contribution is 2.29. The van der Waals surface area contributed by atoms with Gasteiger partial charge in [0.05, 0.1) is 17.1 Å². The van der Waals surface area contributed by atoms with Gasteiger partial charge in [-0.3, -0.25) is 0 Å². The fraction of sp³-hybridized carbons (Fsp3) is 0.0870. The van der Waals surface area contributed by atoms with Crippen molar-refractivity contribution < 1.29 is 0 Å². The molecule has 0 unspecified atom stereocenters. The Morgan fingerprint density at radius 1 is 0.680 bits per heavy atom. The predicted octanol–water partition coefficient (Wildman–Crippen LogP) is 5.82. The first-order valence-corrected chi connectivity index (χ1v) is 8.51. The number of rotatable bonds is 3. The Morgan fingerprint density at radius 2 is 1.32 bits per heavy atom. The van der Waals surface area contributed by atoms with Gasteiger partial charge >= 0.3 is 0 Å². The first kappa shape index (κ1) is 15.4. The van der Waals surface area contributed by atoms with Crippen LogP contribution in [0.5, 0.6) is 0 Å². The van der Waals surface area contributed by atoms with Gasteiger partial charge in [0.15, 0.2) is 0 Å². The molecule has 0 saturated heterocycles. The summed E-state index contributed by atoms with van der Waals surface area (Å²) in [6.07, 6.45) is 0. The van der Waals surface area contributed by atoms with Crippen LogP contribution in [-0.4, -0.2) is 9.78 Å². The quantitative estimate of drug-likeness (QED) is 0.464. The van der Waals surface area contributed by atoms with Crippen LogP contribution in [0.25, 0.3) is 28.2 Å². The minimum Gasteiger partial charge on any atom is -0.232 e. The van der Waals surface area contributed by atoms with Crippen molar-refractivity contribution in [3.63, 3.8) is 0 Å². The molecular formula is C23H20N2. The molecule has 0 fully saturated rings. The van der Waals surface area contributed by atoms with Crippen molar-refractivity contribution in [2.24, 2.45) is 0 Å². The summed E-state index contributed by atoms with van der Waals surface area (Å²) in [6.45, 7) is 4.26. The summed E-state index contributed by atoms with van der Waals surface area (Å²) >= 11 is 0. The molecule has 0 bridgehead atoms. The smallest absolute Gasteiger partial charge is 0.0934 e. The highest BCUT2D eigenvalue weighted by Gasteiger charge is 2.14. The van der Waals surface area contributed by atoms with Gasteiger partial charge in [-0.25, -0.2) is 4.68 Å². The molecule has 0 saturated carbocycles. The van der Waals surface area contributed by atoms with Gasteiger partial charge in [0.25, 0.3) is 0 Å². The van der Waals surface area contributed by atoms with Crippen LogP contribution in [0.3, 0.4) is 0 Å². The maximum Gasteiger partial charge on any atom is 0.0934 e. The SMILES string of the molecule is Cc1ccc(-n2nc(-c3ccccc3)cc2-c2ccccc2)c(C)c1. The molecular weight excluding hydrogens is 304 g/mol. The van der Waals surface area contributed by atoms with Crippen LogP contribution in [0, 0.1) is 13.8 Å². The van der Waals surface area contributed by atoms with E-state index in [1.165, 1.54) is 11.1 Å². The van der Waals surface area contributed by atoms with Crippen LogP contribution >= 0.6 is 0 Å². The predicted molar refractivity (Wildman–Crippen MR) is 104 cm³/mol. The third kappa shape index (κ3) is 2.99. The lowest BCUT2D eigenvalue weighted by Crippen LogP contribution is -2.02. The van der Waals surface area contributed by atoms with Crippen LogP contribution in [-0.2, 0) is 0 Å². The number of benzene rings is 3. The van der Waals surface area contributed by atoms with E-state index < -0.39 is 0 Å². The number of hydrogen-bond donors (Lipinski definition) is 0. The van der Waals surface area contributed by atoms with Crippen molar-refractivity contribution >= 4 is 0 Å². The van der Waals surface area contributed by atoms with Crippen LogP contribution in [0.15, 0.2) is 84.9 Å². The van der Waals surface area contributed by atoms with Crippen molar-refractivity contribution in [2.45, 2.75) is 13.8 Å². The van der Waals surface area contributed by atoms with E-state index in [1.807, 2.05) is 24.3 Å². The Labute approximate surface area is 148 Å². The molecule has 0 N–H and O–H groups in total. The van der Waals surface area contributed by atoms with Crippen molar-refractivity contribution in [2.75, 3.05) is 0 Å². The fourth-order valence-corrected chi connectivity index (χ4v) is 3.17. The molecule has 0 amide bonds. The van der Waals surface area contributed by atoms with Gasteiger partial charge in [-0.2, -0.15) is 5.10 Å². The van der Waals surface area contributed by atoms with Gasteiger partial charge < -0.3 is 0 Å². The molecule has 2 nitrogen and oxygen atoms in total. The Bertz CT molecular complexity index is 999. The maximum absolute atomic E-state index is 4.93. The van der Waals surface area contributed by atoms with Crippen molar-refractivity contribution in [3.05, 3.63) is 96.1 Å². The second kappa shape index (κ2) is 6.40. The fourth-order valence-electron chi connectivity index (χ4n) is 3.17.